The molecule has 2 fully saturated rings. The molecule has 2 rings (SSSR count). The quantitative estimate of drug-likeness (QED) is 0.617. The molecule has 2 saturated heterocycles. The van der Waals surface area contributed by atoms with Gasteiger partial charge in [-0.25, -0.2) is 8.42 Å². The van der Waals surface area contributed by atoms with Crippen molar-refractivity contribution in [1.29, 1.82) is 0 Å². The molecule has 0 spiro atoms. The van der Waals surface area contributed by atoms with Crippen molar-refractivity contribution in [2.24, 2.45) is 0 Å². The Hall–Kier alpha value is -0.130. The molecule has 2 aliphatic heterocycles. The first kappa shape index (κ1) is 10.4. The highest BCUT2D eigenvalue weighted by Gasteiger charge is 2.55. The summed E-state index contributed by atoms with van der Waals surface area (Å²) in [5.41, 5.74) is 0. The number of ether oxygens (including phenoxy) is 1. The molecule has 14 heavy (non-hydrogen) atoms. The monoisotopic (exact) mass is 219 g/mol. The molecule has 0 aliphatic carbocycles. The molecule has 4 nitrogen and oxygen atoms in total. The molecule has 0 amide bonds. The molecule has 0 aromatic heterocycles. The topological polar surface area (TPSA) is 46.6 Å². The van der Waals surface area contributed by atoms with E-state index < -0.39 is 14.6 Å². The summed E-state index contributed by atoms with van der Waals surface area (Å²) >= 11 is 0. The molecule has 0 N–H and O–H groups in total. The molecule has 1 atom stereocenters. The summed E-state index contributed by atoms with van der Waals surface area (Å²) in [6.45, 7) is 6.84. The van der Waals surface area contributed by atoms with Crippen LogP contribution < -0.4 is 0 Å². The van der Waals surface area contributed by atoms with Crippen LogP contribution in [0.25, 0.3) is 0 Å². The highest BCUT2D eigenvalue weighted by molar-refractivity contribution is 7.94. The van der Waals surface area contributed by atoms with E-state index in [9.17, 15) is 8.42 Å². The largest absolute Gasteiger partial charge is 0.379 e. The van der Waals surface area contributed by atoms with Gasteiger partial charge in [-0.2, -0.15) is 0 Å². The fourth-order valence-corrected chi connectivity index (χ4v) is 3.99. The van der Waals surface area contributed by atoms with Gasteiger partial charge in [-0.05, 0) is 13.8 Å². The molecule has 0 radical (unpaired) electrons. The van der Waals surface area contributed by atoms with Crippen molar-refractivity contribution >= 4 is 9.84 Å². The van der Waals surface area contributed by atoms with Crippen molar-refractivity contribution in [3.8, 4) is 0 Å². The SMILES string of the molecule is CC1(C)[C@@H](N2CCOCC2)CS1(=O)=O. The van der Waals surface area contributed by atoms with Gasteiger partial charge in [-0.1, -0.05) is 0 Å². The molecule has 0 unspecified atom stereocenters. The van der Waals surface area contributed by atoms with Crippen LogP contribution in [0.15, 0.2) is 0 Å². The van der Waals surface area contributed by atoms with Crippen LogP contribution in [0.3, 0.4) is 0 Å². The number of morpholine rings is 1. The van der Waals surface area contributed by atoms with Crippen molar-refractivity contribution in [3.05, 3.63) is 0 Å². The van der Waals surface area contributed by atoms with Crippen molar-refractivity contribution in [3.63, 3.8) is 0 Å². The zero-order chi connectivity index (χ0) is 10.4. The maximum atomic E-state index is 11.5. The number of hydrogen-bond acceptors (Lipinski definition) is 4. The summed E-state index contributed by atoms with van der Waals surface area (Å²) in [6, 6.07) is 0.191. The van der Waals surface area contributed by atoms with Crippen LogP contribution in [-0.4, -0.2) is 56.2 Å². The zero-order valence-corrected chi connectivity index (χ0v) is 9.51. The predicted octanol–water partition coefficient (Wildman–Crippen LogP) is -0.106. The normalized spacial score (nSPS) is 36.3. The molecule has 0 aromatic rings. The molecular formula is C9H17NO3S. The van der Waals surface area contributed by atoms with Gasteiger partial charge in [0.05, 0.1) is 23.7 Å². The molecule has 0 saturated carbocycles. The second kappa shape index (κ2) is 3.18. The van der Waals surface area contributed by atoms with Gasteiger partial charge in [0, 0.05) is 19.1 Å². The average Bonchev–Trinajstić information content (AvgIpc) is 2.16. The molecule has 5 heteroatoms. The second-order valence-corrected chi connectivity index (χ2v) is 7.16. The van der Waals surface area contributed by atoms with E-state index >= 15 is 0 Å². The van der Waals surface area contributed by atoms with Gasteiger partial charge < -0.3 is 4.74 Å². The Kier molecular flexibility index (Phi) is 2.36. The summed E-state index contributed by atoms with van der Waals surface area (Å²) in [5, 5.41) is 0. The highest BCUT2D eigenvalue weighted by Crippen LogP contribution is 2.37. The lowest BCUT2D eigenvalue weighted by atomic mass is 10.0. The Morgan fingerprint density at radius 3 is 2.29 bits per heavy atom. The van der Waals surface area contributed by atoms with Crippen LogP contribution in [0.5, 0.6) is 0 Å². The maximum Gasteiger partial charge on any atom is 0.158 e. The minimum Gasteiger partial charge on any atom is -0.379 e. The molecule has 2 heterocycles. The Labute approximate surface area is 85.1 Å². The zero-order valence-electron chi connectivity index (χ0n) is 8.69. The van der Waals surface area contributed by atoms with Crippen molar-refractivity contribution < 1.29 is 13.2 Å². The van der Waals surface area contributed by atoms with Gasteiger partial charge in [0.15, 0.2) is 9.84 Å². The van der Waals surface area contributed by atoms with Gasteiger partial charge in [-0.3, -0.25) is 4.90 Å². The smallest absolute Gasteiger partial charge is 0.158 e. The summed E-state index contributed by atoms with van der Waals surface area (Å²) in [7, 11) is -2.84. The van der Waals surface area contributed by atoms with E-state index in [0.717, 1.165) is 26.3 Å². The fraction of sp³-hybridized carbons (Fsp3) is 1.00. The third-order valence-corrected chi connectivity index (χ3v) is 6.10. The Balaban J connectivity index is 2.08. The average molecular weight is 219 g/mol. The Bertz CT molecular complexity index is 317. The molecular weight excluding hydrogens is 202 g/mol. The third kappa shape index (κ3) is 1.38. The van der Waals surface area contributed by atoms with E-state index in [1.807, 2.05) is 13.8 Å². The first-order valence-corrected chi connectivity index (χ1v) is 6.64. The maximum absolute atomic E-state index is 11.5. The number of hydrogen-bond donors (Lipinski definition) is 0. The van der Waals surface area contributed by atoms with Crippen molar-refractivity contribution in [1.82, 2.24) is 4.90 Å². The number of rotatable bonds is 1. The lowest BCUT2D eigenvalue weighted by Crippen LogP contribution is -2.68. The van der Waals surface area contributed by atoms with Crippen LogP contribution in [-0.2, 0) is 14.6 Å². The van der Waals surface area contributed by atoms with E-state index in [4.69, 9.17) is 4.74 Å². The summed E-state index contributed by atoms with van der Waals surface area (Å²) in [5.74, 6) is 0.319. The molecule has 82 valence electrons. The van der Waals surface area contributed by atoms with Crippen LogP contribution in [0.2, 0.25) is 0 Å². The highest BCUT2D eigenvalue weighted by atomic mass is 32.2. The van der Waals surface area contributed by atoms with E-state index in [1.54, 1.807) is 0 Å². The Morgan fingerprint density at radius 2 is 1.86 bits per heavy atom. The van der Waals surface area contributed by atoms with Crippen LogP contribution in [0, 0.1) is 0 Å². The lowest BCUT2D eigenvalue weighted by Gasteiger charge is -2.50. The van der Waals surface area contributed by atoms with E-state index in [1.165, 1.54) is 0 Å². The van der Waals surface area contributed by atoms with Gasteiger partial charge in [-0.15, -0.1) is 0 Å². The lowest BCUT2D eigenvalue weighted by molar-refractivity contribution is 0.00958. The van der Waals surface area contributed by atoms with Gasteiger partial charge in [0.2, 0.25) is 0 Å². The van der Waals surface area contributed by atoms with E-state index in [-0.39, 0.29) is 6.04 Å². The van der Waals surface area contributed by atoms with Crippen molar-refractivity contribution in [2.75, 3.05) is 32.1 Å². The first-order valence-electron chi connectivity index (χ1n) is 4.99. The molecule has 0 bridgehead atoms. The van der Waals surface area contributed by atoms with Gasteiger partial charge in [0.1, 0.15) is 0 Å². The van der Waals surface area contributed by atoms with Crippen molar-refractivity contribution in [2.45, 2.75) is 24.6 Å². The van der Waals surface area contributed by atoms with Crippen LogP contribution in [0.1, 0.15) is 13.8 Å². The fourth-order valence-electron chi connectivity index (χ4n) is 2.17. The second-order valence-electron chi connectivity index (χ2n) is 4.55. The minimum atomic E-state index is -2.84. The minimum absolute atomic E-state index is 0.191. The van der Waals surface area contributed by atoms with Crippen LogP contribution >= 0.6 is 0 Å². The summed E-state index contributed by atoms with van der Waals surface area (Å²) in [6.07, 6.45) is 0. The van der Waals surface area contributed by atoms with Gasteiger partial charge in [0.25, 0.3) is 0 Å². The third-order valence-electron chi connectivity index (χ3n) is 3.47. The van der Waals surface area contributed by atoms with E-state index in [0.29, 0.717) is 5.75 Å². The number of nitrogens with zero attached hydrogens (tertiary/aromatic N) is 1. The molecule has 0 aromatic carbocycles. The van der Waals surface area contributed by atoms with Gasteiger partial charge >= 0.3 is 0 Å². The Morgan fingerprint density at radius 1 is 1.29 bits per heavy atom. The number of sulfone groups is 1. The molecule has 2 aliphatic rings. The predicted molar refractivity (Wildman–Crippen MR) is 54.0 cm³/mol. The first-order chi connectivity index (χ1) is 6.45. The van der Waals surface area contributed by atoms with Crippen LogP contribution in [0.4, 0.5) is 0 Å². The summed E-state index contributed by atoms with van der Waals surface area (Å²) in [4.78, 5) is 2.24. The standard InChI is InChI=1S/C9H17NO3S/c1-9(2)8(7-14(9,11)12)10-3-5-13-6-4-10/h8H,3-7H2,1-2H3/t8-/m0/s1. The summed E-state index contributed by atoms with van der Waals surface area (Å²) < 4.78 is 27.8. The van der Waals surface area contributed by atoms with E-state index in [2.05, 4.69) is 4.90 Å².